The van der Waals surface area contributed by atoms with E-state index >= 15 is 0 Å². The maximum absolute atomic E-state index is 10.2. The van der Waals surface area contributed by atoms with Crippen LogP contribution < -0.4 is 0 Å². The highest BCUT2D eigenvalue weighted by Gasteiger charge is 2.58. The van der Waals surface area contributed by atoms with Crippen LogP contribution in [0.3, 0.4) is 0 Å². The Kier molecular flexibility index (Phi) is 6.15. The molecule has 170 valence electrons. The van der Waals surface area contributed by atoms with Gasteiger partial charge >= 0.3 is 0 Å². The van der Waals surface area contributed by atoms with Crippen LogP contribution in [-0.2, 0) is 0 Å². The molecular weight excluding hydrogens is 364 g/mol. The minimum absolute atomic E-state index is 0.0702. The van der Waals surface area contributed by atoms with Gasteiger partial charge in [-0.1, -0.05) is 76.9 Å². The van der Waals surface area contributed by atoms with Crippen LogP contribution in [0.25, 0.3) is 0 Å². The predicted octanol–water partition coefficient (Wildman–Crippen LogP) is 8.07. The number of aliphatic hydroxyl groups is 1. The van der Waals surface area contributed by atoms with Crippen molar-refractivity contribution in [3.8, 4) is 0 Å². The molecule has 7 atom stereocenters. The van der Waals surface area contributed by atoms with Crippen LogP contribution in [0, 0.1) is 40.4 Å². The molecule has 0 bridgehead atoms. The van der Waals surface area contributed by atoms with Gasteiger partial charge in [0.1, 0.15) is 0 Å². The van der Waals surface area contributed by atoms with E-state index in [-0.39, 0.29) is 6.10 Å². The first-order valence-electron chi connectivity index (χ1n) is 13.9. The molecule has 0 aromatic rings. The Labute approximate surface area is 186 Å². The Balaban J connectivity index is 1.20. The second-order valence-corrected chi connectivity index (χ2v) is 12.8. The summed E-state index contributed by atoms with van der Waals surface area (Å²) in [5, 5.41) is 10.2. The van der Waals surface area contributed by atoms with E-state index in [9.17, 15) is 5.11 Å². The molecule has 0 radical (unpaired) electrons. The van der Waals surface area contributed by atoms with E-state index in [4.69, 9.17) is 0 Å². The van der Waals surface area contributed by atoms with Crippen molar-refractivity contribution in [2.75, 3.05) is 0 Å². The van der Waals surface area contributed by atoms with Gasteiger partial charge in [0, 0.05) is 0 Å². The molecule has 5 aliphatic rings. The maximum atomic E-state index is 10.2. The minimum Gasteiger partial charge on any atom is -0.393 e. The highest BCUT2D eigenvalue weighted by Crippen LogP contribution is 2.66. The van der Waals surface area contributed by atoms with Gasteiger partial charge < -0.3 is 5.11 Å². The zero-order chi connectivity index (χ0) is 20.8. The van der Waals surface area contributed by atoms with Crippen molar-refractivity contribution < 1.29 is 5.11 Å². The third-order valence-electron chi connectivity index (χ3n) is 11.4. The monoisotopic (exact) mass is 412 g/mol. The lowest BCUT2D eigenvalue weighted by molar-refractivity contribution is -0.0509. The molecule has 5 aliphatic carbocycles. The maximum Gasteiger partial charge on any atom is 0.0577 e. The molecule has 6 unspecified atom stereocenters. The summed E-state index contributed by atoms with van der Waals surface area (Å²) in [6.45, 7) is 5.28. The lowest BCUT2D eigenvalue weighted by Gasteiger charge is -2.58. The molecule has 1 nitrogen and oxygen atoms in total. The highest BCUT2D eigenvalue weighted by molar-refractivity contribution is 5.25. The number of hydrogen-bond donors (Lipinski definition) is 1. The van der Waals surface area contributed by atoms with Crippen LogP contribution in [0.15, 0.2) is 11.6 Å². The summed E-state index contributed by atoms with van der Waals surface area (Å²) in [7, 11) is 0. The molecule has 0 aromatic carbocycles. The molecule has 4 fully saturated rings. The Morgan fingerprint density at radius 3 is 2.50 bits per heavy atom. The van der Waals surface area contributed by atoms with E-state index in [2.05, 4.69) is 19.9 Å². The molecule has 0 aliphatic heterocycles. The van der Waals surface area contributed by atoms with Crippen molar-refractivity contribution in [3.05, 3.63) is 11.6 Å². The smallest absolute Gasteiger partial charge is 0.0577 e. The first-order valence-corrected chi connectivity index (χ1v) is 13.9. The third kappa shape index (κ3) is 3.74. The van der Waals surface area contributed by atoms with Crippen molar-refractivity contribution in [3.63, 3.8) is 0 Å². The van der Waals surface area contributed by atoms with Crippen molar-refractivity contribution in [2.45, 2.75) is 129 Å². The van der Waals surface area contributed by atoms with Gasteiger partial charge in [-0.05, 0) is 98.2 Å². The molecule has 0 heterocycles. The molecule has 0 spiro atoms. The summed E-state index contributed by atoms with van der Waals surface area (Å²) in [4.78, 5) is 0. The zero-order valence-electron chi connectivity index (χ0n) is 20.0. The molecule has 0 amide bonds. The zero-order valence-corrected chi connectivity index (χ0v) is 20.0. The van der Waals surface area contributed by atoms with Gasteiger partial charge in [0.25, 0.3) is 0 Å². The summed E-state index contributed by atoms with van der Waals surface area (Å²) in [5.41, 5.74) is 2.66. The van der Waals surface area contributed by atoms with Crippen LogP contribution in [-0.4, -0.2) is 11.2 Å². The molecule has 0 saturated heterocycles. The lowest BCUT2D eigenvalue weighted by atomic mass is 9.47. The van der Waals surface area contributed by atoms with Crippen LogP contribution in [0.5, 0.6) is 0 Å². The van der Waals surface area contributed by atoms with Crippen molar-refractivity contribution >= 4 is 0 Å². The number of fused-ring (bicyclic) bond motifs is 5. The van der Waals surface area contributed by atoms with Crippen LogP contribution in [0.2, 0.25) is 0 Å². The van der Waals surface area contributed by atoms with Crippen LogP contribution in [0.1, 0.15) is 123 Å². The van der Waals surface area contributed by atoms with Gasteiger partial charge in [0.05, 0.1) is 6.10 Å². The Hall–Kier alpha value is -0.300. The van der Waals surface area contributed by atoms with E-state index in [1.54, 1.807) is 5.57 Å². The summed E-state index contributed by atoms with van der Waals surface area (Å²) in [5.74, 6) is 4.87. The van der Waals surface area contributed by atoms with Gasteiger partial charge in [-0.25, -0.2) is 0 Å². The fourth-order valence-electron chi connectivity index (χ4n) is 9.52. The first kappa shape index (κ1) is 21.5. The number of hydrogen-bond acceptors (Lipinski definition) is 1. The fourth-order valence-corrected chi connectivity index (χ4v) is 9.52. The molecule has 4 saturated carbocycles. The van der Waals surface area contributed by atoms with Gasteiger partial charge in [-0.15, -0.1) is 0 Å². The Morgan fingerprint density at radius 1 is 0.867 bits per heavy atom. The summed E-state index contributed by atoms with van der Waals surface area (Å²) >= 11 is 0. The third-order valence-corrected chi connectivity index (χ3v) is 11.4. The molecule has 5 rings (SSSR count). The Bertz CT molecular complexity index is 630. The van der Waals surface area contributed by atoms with Gasteiger partial charge in [0.15, 0.2) is 0 Å². The van der Waals surface area contributed by atoms with Crippen molar-refractivity contribution in [1.29, 1.82) is 0 Å². The predicted molar refractivity (Wildman–Crippen MR) is 126 cm³/mol. The summed E-state index contributed by atoms with van der Waals surface area (Å²) in [6, 6.07) is 0. The van der Waals surface area contributed by atoms with E-state index in [0.717, 1.165) is 42.4 Å². The normalized spacial score (nSPS) is 46.6. The SMILES string of the molecule is CC12CC[C@H](O)CC1=CCC1C2CCC2(C)C(CCCCC3CCCCC3)CCC12. The summed E-state index contributed by atoms with van der Waals surface area (Å²) in [6.07, 6.45) is 26.6. The molecular formula is C29H48O. The largest absolute Gasteiger partial charge is 0.393 e. The fraction of sp³-hybridized carbons (Fsp3) is 0.931. The highest BCUT2D eigenvalue weighted by atomic mass is 16.3. The second kappa shape index (κ2) is 8.57. The topological polar surface area (TPSA) is 20.2 Å². The van der Waals surface area contributed by atoms with Crippen LogP contribution in [0.4, 0.5) is 0 Å². The van der Waals surface area contributed by atoms with Crippen molar-refractivity contribution in [1.82, 2.24) is 0 Å². The summed E-state index contributed by atoms with van der Waals surface area (Å²) < 4.78 is 0. The second-order valence-electron chi connectivity index (χ2n) is 12.8. The van der Waals surface area contributed by atoms with E-state index < -0.39 is 0 Å². The lowest BCUT2D eigenvalue weighted by Crippen LogP contribution is -2.50. The number of aliphatic hydroxyl groups excluding tert-OH is 1. The molecule has 1 heteroatoms. The molecule has 0 aromatic heterocycles. The average Bonchev–Trinajstić information content (AvgIpc) is 3.09. The number of unbranched alkanes of at least 4 members (excludes halogenated alkanes) is 1. The average molecular weight is 413 g/mol. The van der Waals surface area contributed by atoms with Crippen molar-refractivity contribution in [2.24, 2.45) is 40.4 Å². The Morgan fingerprint density at radius 2 is 1.67 bits per heavy atom. The van der Waals surface area contributed by atoms with Crippen LogP contribution >= 0.6 is 0 Å². The van der Waals surface area contributed by atoms with Gasteiger partial charge in [-0.2, -0.15) is 0 Å². The molecule has 1 N–H and O–H groups in total. The standard InChI is InChI=1S/C29H48O/c1-28-19-17-27-25(14-12-23-20-24(30)16-18-29(23,27)2)26(28)15-13-22(28)11-7-6-10-21-8-4-3-5-9-21/h12,21-22,24-27,30H,3-11,13-20H2,1-2H3/t22?,24-,25?,26?,27?,28?,29?/m0/s1. The van der Waals surface area contributed by atoms with Gasteiger partial charge in [-0.3, -0.25) is 0 Å². The van der Waals surface area contributed by atoms with E-state index in [0.29, 0.717) is 10.8 Å². The number of allylic oxidation sites excluding steroid dienone is 1. The van der Waals surface area contributed by atoms with Gasteiger partial charge in [0.2, 0.25) is 0 Å². The first-order chi connectivity index (χ1) is 14.5. The van der Waals surface area contributed by atoms with E-state index in [1.165, 1.54) is 96.3 Å². The van der Waals surface area contributed by atoms with E-state index in [1.807, 2.05) is 0 Å². The quantitative estimate of drug-likeness (QED) is 0.357. The molecule has 30 heavy (non-hydrogen) atoms. The minimum atomic E-state index is -0.0702. The number of rotatable bonds is 5.